The van der Waals surface area contributed by atoms with Crippen molar-refractivity contribution in [3.63, 3.8) is 0 Å². The van der Waals surface area contributed by atoms with E-state index in [1.807, 2.05) is 0 Å². The summed E-state index contributed by atoms with van der Waals surface area (Å²) in [6.45, 7) is 7.45. The van der Waals surface area contributed by atoms with Crippen molar-refractivity contribution in [3.8, 4) is 11.5 Å². The lowest BCUT2D eigenvalue weighted by Gasteiger charge is -2.21. The Bertz CT molecular complexity index is 562. The van der Waals surface area contributed by atoms with Crippen LogP contribution in [0.25, 0.3) is 0 Å². The zero-order chi connectivity index (χ0) is 15.9. The van der Waals surface area contributed by atoms with E-state index < -0.39 is 0 Å². The minimum atomic E-state index is 0.0212. The zero-order valence-corrected chi connectivity index (χ0v) is 15.1. The molecule has 0 bridgehead atoms. The molecule has 1 aromatic carbocycles. The van der Waals surface area contributed by atoms with Crippen LogP contribution in [0.3, 0.4) is 0 Å². The first-order valence-corrected chi connectivity index (χ1v) is 8.68. The summed E-state index contributed by atoms with van der Waals surface area (Å²) in [6.07, 6.45) is 1.10. The Balaban J connectivity index is 1.90. The Kier molecular flexibility index (Phi) is 4.40. The van der Waals surface area contributed by atoms with E-state index in [1.54, 1.807) is 0 Å². The van der Waals surface area contributed by atoms with Gasteiger partial charge in [0.1, 0.15) is 0 Å². The maximum absolute atomic E-state index is 6.03. The van der Waals surface area contributed by atoms with Crippen molar-refractivity contribution in [3.05, 3.63) is 22.2 Å². The van der Waals surface area contributed by atoms with E-state index in [9.17, 15) is 0 Å². The van der Waals surface area contributed by atoms with Gasteiger partial charge < -0.3 is 15.2 Å². The fourth-order valence-corrected chi connectivity index (χ4v) is 3.85. The standard InChI is InChI=1S/C17H25BrN2O2/c1-17(2)9-21-15-6-12(5-13(18)16(15)22-10-17)14-4-11(7-19)8-20(14)3/h5-6,11,14H,4,7-10,19H2,1-3H3. The summed E-state index contributed by atoms with van der Waals surface area (Å²) in [4.78, 5) is 2.38. The lowest BCUT2D eigenvalue weighted by atomic mass is 9.97. The van der Waals surface area contributed by atoms with Gasteiger partial charge in [-0.3, -0.25) is 4.90 Å². The van der Waals surface area contributed by atoms with Gasteiger partial charge in [-0.25, -0.2) is 0 Å². The molecule has 0 saturated carbocycles. The first kappa shape index (κ1) is 16.1. The summed E-state index contributed by atoms with van der Waals surface area (Å²) in [7, 11) is 2.17. The average molecular weight is 369 g/mol. The van der Waals surface area contributed by atoms with Crippen LogP contribution >= 0.6 is 15.9 Å². The maximum Gasteiger partial charge on any atom is 0.175 e. The van der Waals surface area contributed by atoms with E-state index in [2.05, 4.69) is 53.9 Å². The third-order valence-corrected chi connectivity index (χ3v) is 5.20. The summed E-state index contributed by atoms with van der Waals surface area (Å²) < 4.78 is 13.0. The number of nitrogens with two attached hydrogens (primary N) is 1. The monoisotopic (exact) mass is 368 g/mol. The molecule has 0 spiro atoms. The SMILES string of the molecule is CN1CC(CN)CC1c1cc(Br)c2c(c1)OCC(C)(C)CO2. The Labute approximate surface area is 141 Å². The minimum absolute atomic E-state index is 0.0212. The Morgan fingerprint density at radius 2 is 2.05 bits per heavy atom. The number of likely N-dealkylation sites (tertiary alicyclic amines) is 1. The van der Waals surface area contributed by atoms with Crippen LogP contribution < -0.4 is 15.2 Å². The highest BCUT2D eigenvalue weighted by Gasteiger charge is 2.32. The molecule has 0 aliphatic carbocycles. The molecule has 2 aliphatic rings. The molecule has 2 aliphatic heterocycles. The van der Waals surface area contributed by atoms with Gasteiger partial charge in [0.25, 0.3) is 0 Å². The minimum Gasteiger partial charge on any atom is -0.489 e. The predicted molar refractivity (Wildman–Crippen MR) is 91.4 cm³/mol. The summed E-state index contributed by atoms with van der Waals surface area (Å²) >= 11 is 3.66. The third-order valence-electron chi connectivity index (χ3n) is 4.61. The maximum atomic E-state index is 6.03. The fraction of sp³-hybridized carbons (Fsp3) is 0.647. The van der Waals surface area contributed by atoms with Crippen LogP contribution in [0.1, 0.15) is 31.9 Å². The molecule has 0 radical (unpaired) electrons. The van der Waals surface area contributed by atoms with E-state index in [0.717, 1.165) is 35.5 Å². The highest BCUT2D eigenvalue weighted by Crippen LogP contribution is 2.44. The number of benzene rings is 1. The highest BCUT2D eigenvalue weighted by atomic mass is 79.9. The molecule has 2 unspecified atom stereocenters. The lowest BCUT2D eigenvalue weighted by Crippen LogP contribution is -2.26. The van der Waals surface area contributed by atoms with Gasteiger partial charge in [-0.2, -0.15) is 0 Å². The number of hydrogen-bond donors (Lipinski definition) is 1. The molecule has 4 nitrogen and oxygen atoms in total. The topological polar surface area (TPSA) is 47.7 Å². The van der Waals surface area contributed by atoms with E-state index in [0.29, 0.717) is 25.2 Å². The van der Waals surface area contributed by atoms with E-state index in [4.69, 9.17) is 15.2 Å². The van der Waals surface area contributed by atoms with Crippen LogP contribution in [0.2, 0.25) is 0 Å². The molecule has 1 aromatic rings. The highest BCUT2D eigenvalue weighted by molar-refractivity contribution is 9.10. The normalized spacial score (nSPS) is 27.7. The summed E-state index contributed by atoms with van der Waals surface area (Å²) in [5.74, 6) is 2.24. The van der Waals surface area contributed by atoms with Crippen LogP contribution in [0.15, 0.2) is 16.6 Å². The second-order valence-electron chi connectivity index (χ2n) is 7.36. The Morgan fingerprint density at radius 3 is 2.73 bits per heavy atom. The molecule has 0 aromatic heterocycles. The molecule has 5 heteroatoms. The van der Waals surface area contributed by atoms with Gasteiger partial charge >= 0.3 is 0 Å². The van der Waals surface area contributed by atoms with Gasteiger partial charge in [0.15, 0.2) is 11.5 Å². The van der Waals surface area contributed by atoms with Crippen molar-refractivity contribution in [2.24, 2.45) is 17.1 Å². The average Bonchev–Trinajstić information content (AvgIpc) is 2.76. The van der Waals surface area contributed by atoms with Crippen molar-refractivity contribution in [2.75, 3.05) is 33.4 Å². The molecular formula is C17H25BrN2O2. The molecule has 2 N–H and O–H groups in total. The van der Waals surface area contributed by atoms with Crippen molar-refractivity contribution < 1.29 is 9.47 Å². The Hall–Kier alpha value is -0.780. The van der Waals surface area contributed by atoms with Gasteiger partial charge in [-0.15, -0.1) is 0 Å². The second-order valence-corrected chi connectivity index (χ2v) is 8.22. The molecule has 1 saturated heterocycles. The van der Waals surface area contributed by atoms with Crippen LogP contribution in [0, 0.1) is 11.3 Å². The van der Waals surface area contributed by atoms with Gasteiger partial charge in [-0.1, -0.05) is 13.8 Å². The van der Waals surface area contributed by atoms with Gasteiger partial charge in [-0.05, 0) is 59.6 Å². The van der Waals surface area contributed by atoms with E-state index >= 15 is 0 Å². The van der Waals surface area contributed by atoms with Crippen molar-refractivity contribution >= 4 is 15.9 Å². The van der Waals surface area contributed by atoms with Crippen LogP contribution in [-0.4, -0.2) is 38.3 Å². The van der Waals surface area contributed by atoms with E-state index in [-0.39, 0.29) is 5.41 Å². The summed E-state index contributed by atoms with van der Waals surface area (Å²) in [6, 6.07) is 4.71. The molecular weight excluding hydrogens is 344 g/mol. The van der Waals surface area contributed by atoms with Crippen LogP contribution in [-0.2, 0) is 0 Å². The number of fused-ring (bicyclic) bond motifs is 1. The first-order chi connectivity index (χ1) is 10.4. The molecule has 2 heterocycles. The molecule has 0 amide bonds. The molecule has 3 rings (SSSR count). The predicted octanol–water partition coefficient (Wildman–Crippen LogP) is 3.20. The number of ether oxygens (including phenoxy) is 2. The summed E-state index contributed by atoms with van der Waals surface area (Å²) in [5, 5.41) is 0. The van der Waals surface area contributed by atoms with E-state index in [1.165, 1.54) is 5.56 Å². The molecule has 1 fully saturated rings. The van der Waals surface area contributed by atoms with Crippen LogP contribution in [0.5, 0.6) is 11.5 Å². The fourth-order valence-electron chi connectivity index (χ4n) is 3.28. The number of hydrogen-bond acceptors (Lipinski definition) is 4. The lowest BCUT2D eigenvalue weighted by molar-refractivity contribution is 0.140. The molecule has 122 valence electrons. The van der Waals surface area contributed by atoms with Crippen molar-refractivity contribution in [1.82, 2.24) is 4.90 Å². The molecule has 22 heavy (non-hydrogen) atoms. The zero-order valence-electron chi connectivity index (χ0n) is 13.6. The van der Waals surface area contributed by atoms with Gasteiger partial charge in [0.2, 0.25) is 0 Å². The summed E-state index contributed by atoms with van der Waals surface area (Å²) in [5.41, 5.74) is 7.14. The van der Waals surface area contributed by atoms with Crippen molar-refractivity contribution in [1.29, 1.82) is 0 Å². The first-order valence-electron chi connectivity index (χ1n) is 7.89. The largest absolute Gasteiger partial charge is 0.489 e. The Morgan fingerprint density at radius 1 is 1.32 bits per heavy atom. The van der Waals surface area contributed by atoms with Crippen LogP contribution in [0.4, 0.5) is 0 Å². The van der Waals surface area contributed by atoms with Gasteiger partial charge in [0.05, 0.1) is 17.7 Å². The quantitative estimate of drug-likeness (QED) is 0.870. The molecule has 2 atom stereocenters. The van der Waals surface area contributed by atoms with Crippen molar-refractivity contribution in [2.45, 2.75) is 26.3 Å². The smallest absolute Gasteiger partial charge is 0.175 e. The second kappa shape index (κ2) is 6.02. The third kappa shape index (κ3) is 3.12. The number of nitrogens with zero attached hydrogens (tertiary/aromatic N) is 1. The number of rotatable bonds is 2. The number of halogens is 1. The van der Waals surface area contributed by atoms with Gasteiger partial charge in [0, 0.05) is 18.0 Å².